The van der Waals surface area contributed by atoms with E-state index in [0.29, 0.717) is 11.7 Å². The second-order valence-corrected chi connectivity index (χ2v) is 8.61. The highest BCUT2D eigenvalue weighted by molar-refractivity contribution is 9.10. The zero-order valence-electron chi connectivity index (χ0n) is 16.4. The Morgan fingerprint density at radius 3 is 2.72 bits per heavy atom. The van der Waals surface area contributed by atoms with Gasteiger partial charge in [-0.2, -0.15) is 0 Å². The number of anilines is 1. The van der Waals surface area contributed by atoms with Crippen LogP contribution in [0.3, 0.4) is 0 Å². The van der Waals surface area contributed by atoms with Crippen LogP contribution >= 0.6 is 27.3 Å². The number of amides is 1. The molecule has 1 N–H and O–H groups in total. The molecule has 4 nitrogen and oxygen atoms in total. The summed E-state index contributed by atoms with van der Waals surface area (Å²) in [4.78, 5) is 18.0. The fraction of sp³-hybridized carbons (Fsp3) is 0.217. The van der Waals surface area contributed by atoms with Crippen LogP contribution in [0, 0.1) is 6.92 Å². The first-order valence-electron chi connectivity index (χ1n) is 9.51. The van der Waals surface area contributed by atoms with Gasteiger partial charge in [0.1, 0.15) is 5.75 Å². The number of carbonyl (C=O) groups excluding carboxylic acids is 1. The predicted molar refractivity (Wildman–Crippen MR) is 124 cm³/mol. The number of nitrogens with zero attached hydrogens (tertiary/aromatic N) is 1. The Balaban J connectivity index is 1.67. The molecule has 0 aliphatic rings. The molecule has 3 aromatic rings. The van der Waals surface area contributed by atoms with Gasteiger partial charge in [0.05, 0.1) is 12.3 Å². The topological polar surface area (TPSA) is 51.2 Å². The molecule has 150 valence electrons. The molecule has 0 bridgehead atoms. The van der Waals surface area contributed by atoms with E-state index < -0.39 is 0 Å². The summed E-state index contributed by atoms with van der Waals surface area (Å²) in [7, 11) is 0. The van der Waals surface area contributed by atoms with Gasteiger partial charge >= 0.3 is 0 Å². The van der Waals surface area contributed by atoms with E-state index in [1.165, 1.54) is 17.4 Å². The Bertz CT molecular complexity index is 996. The Morgan fingerprint density at radius 2 is 1.97 bits per heavy atom. The van der Waals surface area contributed by atoms with Crippen molar-refractivity contribution in [2.24, 2.45) is 0 Å². The molecule has 0 fully saturated rings. The van der Waals surface area contributed by atoms with Gasteiger partial charge in [-0.1, -0.05) is 59.6 Å². The van der Waals surface area contributed by atoms with E-state index in [1.54, 1.807) is 6.08 Å². The van der Waals surface area contributed by atoms with Crippen LogP contribution in [0.5, 0.6) is 5.75 Å². The van der Waals surface area contributed by atoms with Crippen LogP contribution in [0.25, 0.3) is 17.3 Å². The molecule has 1 aromatic heterocycles. The summed E-state index contributed by atoms with van der Waals surface area (Å²) < 4.78 is 6.83. The second kappa shape index (κ2) is 10.4. The van der Waals surface area contributed by atoms with Crippen molar-refractivity contribution in [2.75, 3.05) is 11.9 Å². The van der Waals surface area contributed by atoms with Crippen LogP contribution in [0.2, 0.25) is 0 Å². The number of nitrogens with one attached hydrogen (secondary N) is 1. The lowest BCUT2D eigenvalue weighted by atomic mass is 10.1. The number of thiazole rings is 1. The molecule has 0 aliphatic heterocycles. The standard InChI is InChI=1S/C23H23BrN2O2S/c1-3-4-15-28-20-8-6-5-7-17(20)11-14-21(27)25-23-26-22(16(2)29-23)18-9-12-19(24)13-10-18/h5-14H,3-4,15H2,1-2H3,(H,25,26,27)/b14-11+. The maximum Gasteiger partial charge on any atom is 0.250 e. The van der Waals surface area contributed by atoms with Crippen LogP contribution in [-0.4, -0.2) is 17.5 Å². The van der Waals surface area contributed by atoms with Crippen molar-refractivity contribution in [3.05, 3.63) is 69.5 Å². The molecule has 0 saturated heterocycles. The average Bonchev–Trinajstić information content (AvgIpc) is 3.08. The predicted octanol–water partition coefficient (Wildman–Crippen LogP) is 6.71. The third kappa shape index (κ3) is 6.02. The molecule has 3 rings (SSSR count). The molecular weight excluding hydrogens is 448 g/mol. The smallest absolute Gasteiger partial charge is 0.250 e. The molecule has 0 spiro atoms. The molecule has 0 unspecified atom stereocenters. The summed E-state index contributed by atoms with van der Waals surface area (Å²) in [6.45, 7) is 4.80. The van der Waals surface area contributed by atoms with Crippen LogP contribution in [0.1, 0.15) is 30.2 Å². The zero-order valence-corrected chi connectivity index (χ0v) is 18.8. The van der Waals surface area contributed by atoms with Gasteiger partial charge in [0.2, 0.25) is 5.91 Å². The lowest BCUT2D eigenvalue weighted by Gasteiger charge is -2.08. The van der Waals surface area contributed by atoms with Crippen LogP contribution < -0.4 is 10.1 Å². The number of hydrogen-bond acceptors (Lipinski definition) is 4. The van der Waals surface area contributed by atoms with Gasteiger partial charge in [-0.25, -0.2) is 4.98 Å². The summed E-state index contributed by atoms with van der Waals surface area (Å²) in [5.41, 5.74) is 2.79. The van der Waals surface area contributed by atoms with Gasteiger partial charge in [-0.05, 0) is 37.6 Å². The van der Waals surface area contributed by atoms with Gasteiger partial charge in [0.25, 0.3) is 0 Å². The molecule has 1 heterocycles. The van der Waals surface area contributed by atoms with Gasteiger partial charge < -0.3 is 4.74 Å². The van der Waals surface area contributed by atoms with Gasteiger partial charge in [0.15, 0.2) is 5.13 Å². The number of benzene rings is 2. The molecule has 2 aromatic carbocycles. The van der Waals surface area contributed by atoms with Crippen molar-refractivity contribution in [3.8, 4) is 17.0 Å². The lowest BCUT2D eigenvalue weighted by Crippen LogP contribution is -2.07. The summed E-state index contributed by atoms with van der Waals surface area (Å²) in [6, 6.07) is 15.7. The summed E-state index contributed by atoms with van der Waals surface area (Å²) in [5.74, 6) is 0.567. The average molecular weight is 471 g/mol. The minimum Gasteiger partial charge on any atom is -0.493 e. The molecule has 0 radical (unpaired) electrons. The molecule has 29 heavy (non-hydrogen) atoms. The van der Waals surface area contributed by atoms with E-state index in [9.17, 15) is 4.79 Å². The third-order valence-corrected chi connectivity index (χ3v) is 5.65. The normalized spacial score (nSPS) is 11.0. The SMILES string of the molecule is CCCCOc1ccccc1/C=C/C(=O)Nc1nc(-c2ccc(Br)cc2)c(C)s1. The summed E-state index contributed by atoms with van der Waals surface area (Å²) in [5, 5.41) is 3.44. The maximum absolute atomic E-state index is 12.4. The number of ether oxygens (including phenoxy) is 1. The first-order valence-corrected chi connectivity index (χ1v) is 11.1. The maximum atomic E-state index is 12.4. The van der Waals surface area contributed by atoms with E-state index in [0.717, 1.165) is 44.8 Å². The molecule has 0 atom stereocenters. The van der Waals surface area contributed by atoms with Crippen molar-refractivity contribution >= 4 is 44.4 Å². The van der Waals surface area contributed by atoms with E-state index in [1.807, 2.05) is 55.5 Å². The highest BCUT2D eigenvalue weighted by atomic mass is 79.9. The monoisotopic (exact) mass is 470 g/mol. The first kappa shape index (κ1) is 21.3. The number of aryl methyl sites for hydroxylation is 1. The number of unbranched alkanes of at least 4 members (excludes halogenated alkanes) is 1. The first-order chi connectivity index (χ1) is 14.1. The molecular formula is C23H23BrN2O2S. The van der Waals surface area contributed by atoms with Crippen molar-refractivity contribution in [1.29, 1.82) is 0 Å². The lowest BCUT2D eigenvalue weighted by molar-refractivity contribution is -0.111. The molecule has 1 amide bonds. The Labute approximate surface area is 183 Å². The molecule has 6 heteroatoms. The van der Waals surface area contributed by atoms with Crippen LogP contribution in [0.4, 0.5) is 5.13 Å². The number of hydrogen-bond donors (Lipinski definition) is 1. The Hall–Kier alpha value is -2.44. The summed E-state index contributed by atoms with van der Waals surface area (Å²) >= 11 is 4.91. The van der Waals surface area contributed by atoms with E-state index in [-0.39, 0.29) is 5.91 Å². The Kier molecular flexibility index (Phi) is 7.61. The molecule has 0 saturated carbocycles. The van der Waals surface area contributed by atoms with Crippen molar-refractivity contribution < 1.29 is 9.53 Å². The minimum atomic E-state index is -0.218. The fourth-order valence-electron chi connectivity index (χ4n) is 2.71. The van der Waals surface area contributed by atoms with Gasteiger partial charge in [0, 0.05) is 26.6 Å². The second-order valence-electron chi connectivity index (χ2n) is 6.49. The van der Waals surface area contributed by atoms with Gasteiger partial charge in [-0.3, -0.25) is 10.1 Å². The van der Waals surface area contributed by atoms with Crippen molar-refractivity contribution in [2.45, 2.75) is 26.7 Å². The minimum absolute atomic E-state index is 0.218. The summed E-state index contributed by atoms with van der Waals surface area (Å²) in [6.07, 6.45) is 5.36. The van der Waals surface area contributed by atoms with Crippen molar-refractivity contribution in [1.82, 2.24) is 4.98 Å². The van der Waals surface area contributed by atoms with Crippen molar-refractivity contribution in [3.63, 3.8) is 0 Å². The number of rotatable bonds is 8. The van der Waals surface area contributed by atoms with Gasteiger partial charge in [-0.15, -0.1) is 11.3 Å². The number of halogens is 1. The zero-order chi connectivity index (χ0) is 20.6. The highest BCUT2D eigenvalue weighted by Gasteiger charge is 2.11. The van der Waals surface area contributed by atoms with E-state index in [4.69, 9.17) is 4.74 Å². The van der Waals surface area contributed by atoms with E-state index >= 15 is 0 Å². The number of para-hydroxylation sites is 1. The van der Waals surface area contributed by atoms with Crippen LogP contribution in [-0.2, 0) is 4.79 Å². The Morgan fingerprint density at radius 1 is 1.21 bits per heavy atom. The fourth-order valence-corrected chi connectivity index (χ4v) is 3.82. The quantitative estimate of drug-likeness (QED) is 0.293. The number of aromatic nitrogens is 1. The molecule has 0 aliphatic carbocycles. The number of carbonyl (C=O) groups is 1. The third-order valence-electron chi connectivity index (χ3n) is 4.23. The highest BCUT2D eigenvalue weighted by Crippen LogP contribution is 2.31. The van der Waals surface area contributed by atoms with E-state index in [2.05, 4.69) is 33.2 Å². The van der Waals surface area contributed by atoms with Crippen LogP contribution in [0.15, 0.2) is 59.1 Å². The largest absolute Gasteiger partial charge is 0.493 e.